The average Bonchev–Trinajstić information content (AvgIpc) is 2.72. The standard InChI is InChI=1S/C22H28F4N4O2/c23-18-6-2-5-17(22(24,25)26)20(18)21(32)30-9-7-27(8-10-30)15-19(31)29-13-11-28(12-14-29)16-3-1-4-16/h2,5-6,16H,1,3-4,7-15H2. The van der Waals surface area contributed by atoms with Crippen LogP contribution in [0.25, 0.3) is 0 Å². The molecule has 32 heavy (non-hydrogen) atoms. The first-order valence-electron chi connectivity index (χ1n) is 11.1. The van der Waals surface area contributed by atoms with Crippen molar-refractivity contribution in [2.75, 3.05) is 58.9 Å². The van der Waals surface area contributed by atoms with E-state index in [1.807, 2.05) is 9.80 Å². The van der Waals surface area contributed by atoms with Crippen molar-refractivity contribution in [2.24, 2.45) is 0 Å². The summed E-state index contributed by atoms with van der Waals surface area (Å²) in [4.78, 5) is 32.8. The van der Waals surface area contributed by atoms with Gasteiger partial charge in [0, 0.05) is 58.4 Å². The highest BCUT2D eigenvalue weighted by Crippen LogP contribution is 2.33. The number of nitrogens with zero attached hydrogens (tertiary/aromatic N) is 4. The van der Waals surface area contributed by atoms with E-state index < -0.39 is 29.0 Å². The molecule has 10 heteroatoms. The van der Waals surface area contributed by atoms with Crippen LogP contribution in [0.3, 0.4) is 0 Å². The third kappa shape index (κ3) is 4.91. The third-order valence-electron chi connectivity index (χ3n) is 6.81. The van der Waals surface area contributed by atoms with E-state index in [0.29, 0.717) is 32.2 Å². The second-order valence-electron chi connectivity index (χ2n) is 8.73. The molecule has 6 nitrogen and oxygen atoms in total. The van der Waals surface area contributed by atoms with Crippen LogP contribution in [0, 0.1) is 5.82 Å². The Bertz CT molecular complexity index is 843. The molecule has 0 spiro atoms. The van der Waals surface area contributed by atoms with E-state index in [-0.39, 0.29) is 25.5 Å². The number of alkyl halides is 3. The van der Waals surface area contributed by atoms with Crippen LogP contribution in [0.1, 0.15) is 35.2 Å². The number of hydrogen-bond donors (Lipinski definition) is 0. The SMILES string of the molecule is O=C(CN1CCN(C(=O)c2c(F)cccc2C(F)(F)F)CC1)N1CCN(C2CCC2)CC1. The Labute approximate surface area is 184 Å². The summed E-state index contributed by atoms with van der Waals surface area (Å²) < 4.78 is 53.9. The monoisotopic (exact) mass is 456 g/mol. The van der Waals surface area contributed by atoms with E-state index in [0.717, 1.165) is 31.3 Å². The Morgan fingerprint density at radius 3 is 2.09 bits per heavy atom. The molecule has 0 radical (unpaired) electrons. The lowest BCUT2D eigenvalue weighted by molar-refractivity contribution is -0.138. The second-order valence-corrected chi connectivity index (χ2v) is 8.73. The van der Waals surface area contributed by atoms with E-state index in [2.05, 4.69) is 4.90 Å². The van der Waals surface area contributed by atoms with Crippen molar-refractivity contribution in [3.05, 3.63) is 35.1 Å². The Morgan fingerprint density at radius 1 is 0.906 bits per heavy atom. The van der Waals surface area contributed by atoms with Crippen LogP contribution >= 0.6 is 0 Å². The first-order chi connectivity index (χ1) is 15.2. The zero-order chi connectivity index (χ0) is 22.9. The van der Waals surface area contributed by atoms with Crippen molar-refractivity contribution in [2.45, 2.75) is 31.5 Å². The molecular formula is C22H28F4N4O2. The van der Waals surface area contributed by atoms with Gasteiger partial charge in [-0.3, -0.25) is 19.4 Å². The minimum atomic E-state index is -4.82. The quantitative estimate of drug-likeness (QED) is 0.653. The smallest absolute Gasteiger partial charge is 0.339 e. The van der Waals surface area contributed by atoms with Crippen molar-refractivity contribution in [1.82, 2.24) is 19.6 Å². The molecule has 0 unspecified atom stereocenters. The lowest BCUT2D eigenvalue weighted by atomic mass is 9.91. The molecule has 0 atom stereocenters. The summed E-state index contributed by atoms with van der Waals surface area (Å²) in [5.74, 6) is -2.11. The highest BCUT2D eigenvalue weighted by Gasteiger charge is 2.38. The largest absolute Gasteiger partial charge is 0.417 e. The lowest BCUT2D eigenvalue weighted by Crippen LogP contribution is -2.56. The fourth-order valence-electron chi connectivity index (χ4n) is 4.62. The van der Waals surface area contributed by atoms with Crippen LogP contribution in [0.4, 0.5) is 17.6 Å². The minimum Gasteiger partial charge on any atom is -0.339 e. The minimum absolute atomic E-state index is 0.0338. The molecule has 176 valence electrons. The highest BCUT2D eigenvalue weighted by atomic mass is 19.4. The molecule has 0 N–H and O–H groups in total. The Balaban J connectivity index is 1.28. The van der Waals surface area contributed by atoms with Crippen molar-refractivity contribution in [3.8, 4) is 0 Å². The number of hydrogen-bond acceptors (Lipinski definition) is 4. The van der Waals surface area contributed by atoms with Crippen molar-refractivity contribution in [3.63, 3.8) is 0 Å². The van der Waals surface area contributed by atoms with Crippen LogP contribution in [0.15, 0.2) is 18.2 Å². The second kappa shape index (κ2) is 9.35. The predicted octanol–water partition coefficient (Wildman–Crippen LogP) is 2.30. The van der Waals surface area contributed by atoms with Crippen LogP contribution < -0.4 is 0 Å². The number of amides is 2. The summed E-state index contributed by atoms with van der Waals surface area (Å²) in [7, 11) is 0. The summed E-state index contributed by atoms with van der Waals surface area (Å²) in [6.45, 7) is 4.43. The normalized spacial score (nSPS) is 21.5. The zero-order valence-corrected chi connectivity index (χ0v) is 17.9. The van der Waals surface area contributed by atoms with Crippen LogP contribution in [-0.4, -0.2) is 96.4 Å². The molecule has 2 amide bonds. The van der Waals surface area contributed by atoms with E-state index in [4.69, 9.17) is 0 Å². The number of piperazine rings is 2. The number of carbonyl (C=O) groups excluding carboxylic acids is 2. The van der Waals surface area contributed by atoms with Crippen molar-refractivity contribution < 1.29 is 27.2 Å². The van der Waals surface area contributed by atoms with Gasteiger partial charge < -0.3 is 9.80 Å². The van der Waals surface area contributed by atoms with Crippen LogP contribution in [0.2, 0.25) is 0 Å². The molecule has 0 bridgehead atoms. The number of benzene rings is 1. The summed E-state index contributed by atoms with van der Waals surface area (Å²) in [6, 6.07) is 3.20. The fourth-order valence-corrected chi connectivity index (χ4v) is 4.62. The third-order valence-corrected chi connectivity index (χ3v) is 6.81. The number of rotatable bonds is 4. The molecular weight excluding hydrogens is 428 g/mol. The summed E-state index contributed by atoms with van der Waals surface area (Å²) in [6.07, 6.45) is -1.04. The van der Waals surface area contributed by atoms with Crippen LogP contribution in [0.5, 0.6) is 0 Å². The maximum absolute atomic E-state index is 14.1. The van der Waals surface area contributed by atoms with Gasteiger partial charge >= 0.3 is 6.18 Å². The summed E-state index contributed by atoms with van der Waals surface area (Å²) in [5, 5.41) is 0. The first kappa shape index (κ1) is 23.0. The Kier molecular flexibility index (Phi) is 6.71. The summed E-state index contributed by atoms with van der Waals surface area (Å²) >= 11 is 0. The maximum Gasteiger partial charge on any atom is 0.417 e. The van der Waals surface area contributed by atoms with E-state index in [1.165, 1.54) is 24.2 Å². The van der Waals surface area contributed by atoms with Gasteiger partial charge in [-0.2, -0.15) is 13.2 Å². The first-order valence-corrected chi connectivity index (χ1v) is 11.1. The molecule has 1 aromatic carbocycles. The van der Waals surface area contributed by atoms with Gasteiger partial charge in [-0.15, -0.1) is 0 Å². The molecule has 1 aromatic rings. The van der Waals surface area contributed by atoms with Gasteiger partial charge in [0.25, 0.3) is 5.91 Å². The maximum atomic E-state index is 14.1. The molecule has 3 aliphatic rings. The van der Waals surface area contributed by atoms with E-state index in [9.17, 15) is 27.2 Å². The van der Waals surface area contributed by atoms with Gasteiger partial charge in [0.05, 0.1) is 17.7 Å². The van der Waals surface area contributed by atoms with Crippen molar-refractivity contribution >= 4 is 11.8 Å². The van der Waals surface area contributed by atoms with Gasteiger partial charge in [0.15, 0.2) is 0 Å². The van der Waals surface area contributed by atoms with E-state index in [1.54, 1.807) is 0 Å². The Hall–Kier alpha value is -2.20. The Morgan fingerprint density at radius 2 is 1.53 bits per heavy atom. The molecule has 2 aliphatic heterocycles. The molecule has 4 rings (SSSR count). The van der Waals surface area contributed by atoms with Gasteiger partial charge in [0.1, 0.15) is 5.82 Å². The molecule has 2 heterocycles. The van der Waals surface area contributed by atoms with Gasteiger partial charge in [0.2, 0.25) is 5.91 Å². The van der Waals surface area contributed by atoms with Crippen molar-refractivity contribution in [1.29, 1.82) is 0 Å². The zero-order valence-electron chi connectivity index (χ0n) is 17.9. The molecule has 3 fully saturated rings. The molecule has 2 saturated heterocycles. The molecule has 1 aliphatic carbocycles. The fraction of sp³-hybridized carbons (Fsp3) is 0.636. The number of carbonyl (C=O) groups is 2. The van der Waals surface area contributed by atoms with Crippen LogP contribution in [-0.2, 0) is 11.0 Å². The van der Waals surface area contributed by atoms with E-state index >= 15 is 0 Å². The van der Waals surface area contributed by atoms with Gasteiger partial charge in [-0.05, 0) is 25.0 Å². The topological polar surface area (TPSA) is 47.1 Å². The van der Waals surface area contributed by atoms with Gasteiger partial charge in [-0.25, -0.2) is 4.39 Å². The molecule has 0 aromatic heterocycles. The highest BCUT2D eigenvalue weighted by molar-refractivity contribution is 5.96. The van der Waals surface area contributed by atoms with Gasteiger partial charge in [-0.1, -0.05) is 12.5 Å². The predicted molar refractivity (Wildman–Crippen MR) is 110 cm³/mol. The lowest BCUT2D eigenvalue weighted by Gasteiger charge is -2.43. The average molecular weight is 456 g/mol. The molecule has 1 saturated carbocycles. The summed E-state index contributed by atoms with van der Waals surface area (Å²) in [5.41, 5.74) is -2.20. The number of halogens is 4.